The third-order valence-electron chi connectivity index (χ3n) is 3.37. The van der Waals surface area contributed by atoms with Crippen LogP contribution in [0.5, 0.6) is 0 Å². The molecule has 1 unspecified atom stereocenters. The molecule has 1 aromatic rings. The van der Waals surface area contributed by atoms with Gasteiger partial charge < -0.3 is 10.5 Å². The third kappa shape index (κ3) is 3.63. The number of hydrogen-bond acceptors (Lipinski definition) is 5. The first kappa shape index (κ1) is 15.6. The van der Waals surface area contributed by atoms with Crippen LogP contribution in [0.25, 0.3) is 0 Å². The fourth-order valence-corrected chi connectivity index (χ4v) is 4.28. The SMILES string of the molecule is CCN1CCOC(CS(=O)(=O)c2cc(N)ccc2Cl)C1. The van der Waals surface area contributed by atoms with Crippen molar-refractivity contribution in [1.82, 2.24) is 4.90 Å². The van der Waals surface area contributed by atoms with Crippen molar-refractivity contribution < 1.29 is 13.2 Å². The van der Waals surface area contributed by atoms with Gasteiger partial charge in [0.25, 0.3) is 0 Å². The zero-order valence-electron chi connectivity index (χ0n) is 11.4. The molecule has 1 heterocycles. The van der Waals surface area contributed by atoms with E-state index in [1.165, 1.54) is 12.1 Å². The minimum Gasteiger partial charge on any atom is -0.399 e. The highest BCUT2D eigenvalue weighted by Gasteiger charge is 2.27. The Kier molecular flexibility index (Phi) is 4.90. The van der Waals surface area contributed by atoms with Gasteiger partial charge in [0, 0.05) is 18.8 Å². The first-order valence-electron chi connectivity index (χ1n) is 6.54. The molecular formula is C13H19ClN2O3S. The fourth-order valence-electron chi connectivity index (χ4n) is 2.26. The zero-order valence-corrected chi connectivity index (χ0v) is 13.0. The van der Waals surface area contributed by atoms with Gasteiger partial charge in [0.05, 0.1) is 28.4 Å². The molecule has 5 nitrogen and oxygen atoms in total. The van der Waals surface area contributed by atoms with Gasteiger partial charge in [0.15, 0.2) is 9.84 Å². The number of morpholine rings is 1. The van der Waals surface area contributed by atoms with Crippen LogP contribution in [0.15, 0.2) is 23.1 Å². The van der Waals surface area contributed by atoms with E-state index >= 15 is 0 Å². The van der Waals surface area contributed by atoms with Gasteiger partial charge in [0.1, 0.15) is 0 Å². The number of nitrogen functional groups attached to an aromatic ring is 1. The van der Waals surface area contributed by atoms with Crippen molar-refractivity contribution in [3.63, 3.8) is 0 Å². The Balaban J connectivity index is 2.16. The van der Waals surface area contributed by atoms with Gasteiger partial charge >= 0.3 is 0 Å². The molecule has 7 heteroatoms. The molecule has 0 spiro atoms. The van der Waals surface area contributed by atoms with E-state index in [1.807, 2.05) is 6.92 Å². The van der Waals surface area contributed by atoms with E-state index in [4.69, 9.17) is 22.1 Å². The molecule has 1 aromatic carbocycles. The minimum absolute atomic E-state index is 0.0767. The Morgan fingerprint density at radius 2 is 2.25 bits per heavy atom. The molecule has 1 saturated heterocycles. The summed E-state index contributed by atoms with van der Waals surface area (Å²) in [5.74, 6) is -0.0767. The number of halogens is 1. The molecule has 1 aliphatic heterocycles. The molecule has 1 aliphatic rings. The Bertz CT molecular complexity index is 577. The van der Waals surface area contributed by atoms with Gasteiger partial charge in [-0.1, -0.05) is 18.5 Å². The monoisotopic (exact) mass is 318 g/mol. The maximum atomic E-state index is 12.4. The molecule has 0 saturated carbocycles. The first-order valence-corrected chi connectivity index (χ1v) is 8.57. The molecule has 0 radical (unpaired) electrons. The standard InChI is InChI=1S/C13H19ClN2O3S/c1-2-16-5-6-19-11(8-16)9-20(17,18)13-7-10(15)3-4-12(13)14/h3-4,7,11H,2,5-6,8-9,15H2,1H3. The molecule has 0 aromatic heterocycles. The fraction of sp³-hybridized carbons (Fsp3) is 0.538. The van der Waals surface area contributed by atoms with Crippen LogP contribution in [0, 0.1) is 0 Å². The van der Waals surface area contributed by atoms with Crippen molar-refractivity contribution >= 4 is 27.1 Å². The average Bonchev–Trinajstić information content (AvgIpc) is 2.41. The van der Waals surface area contributed by atoms with Gasteiger partial charge in [-0.25, -0.2) is 8.42 Å². The normalized spacial score (nSPS) is 21.0. The number of hydrogen-bond donors (Lipinski definition) is 1. The molecule has 2 rings (SSSR count). The quantitative estimate of drug-likeness (QED) is 0.850. The molecule has 1 fully saturated rings. The van der Waals surface area contributed by atoms with Crippen LogP contribution in [0.1, 0.15) is 6.92 Å². The summed E-state index contributed by atoms with van der Waals surface area (Å²) in [5, 5.41) is 0.197. The van der Waals surface area contributed by atoms with Crippen LogP contribution in [0.4, 0.5) is 5.69 Å². The lowest BCUT2D eigenvalue weighted by atomic mass is 10.3. The van der Waals surface area contributed by atoms with E-state index < -0.39 is 9.84 Å². The molecule has 112 valence electrons. The van der Waals surface area contributed by atoms with Gasteiger partial charge in [-0.15, -0.1) is 0 Å². The van der Waals surface area contributed by atoms with Crippen molar-refractivity contribution in [2.24, 2.45) is 0 Å². The Hall–Kier alpha value is -0.820. The zero-order chi connectivity index (χ0) is 14.8. The molecule has 20 heavy (non-hydrogen) atoms. The number of nitrogens with zero attached hydrogens (tertiary/aromatic N) is 1. The highest BCUT2D eigenvalue weighted by molar-refractivity contribution is 7.91. The van der Waals surface area contributed by atoms with Crippen molar-refractivity contribution in [1.29, 1.82) is 0 Å². The first-order chi connectivity index (χ1) is 9.42. The van der Waals surface area contributed by atoms with Crippen LogP contribution < -0.4 is 5.73 Å². The van der Waals surface area contributed by atoms with E-state index in [9.17, 15) is 8.42 Å². The second-order valence-electron chi connectivity index (χ2n) is 4.86. The van der Waals surface area contributed by atoms with Crippen molar-refractivity contribution in [3.8, 4) is 0 Å². The maximum absolute atomic E-state index is 12.4. The number of nitrogens with two attached hydrogens (primary N) is 1. The number of ether oxygens (including phenoxy) is 1. The summed E-state index contributed by atoms with van der Waals surface area (Å²) >= 11 is 5.97. The second-order valence-corrected chi connectivity index (χ2v) is 7.27. The number of sulfone groups is 1. The Labute approximate surface area is 124 Å². The summed E-state index contributed by atoms with van der Waals surface area (Å²) in [6.07, 6.45) is -0.328. The molecule has 1 atom stereocenters. The highest BCUT2D eigenvalue weighted by atomic mass is 35.5. The van der Waals surface area contributed by atoms with Gasteiger partial charge in [-0.3, -0.25) is 4.90 Å². The number of anilines is 1. The van der Waals surface area contributed by atoms with Crippen LogP contribution in [0.2, 0.25) is 5.02 Å². The lowest BCUT2D eigenvalue weighted by Crippen LogP contribution is -2.45. The predicted octanol–water partition coefficient (Wildman–Crippen LogP) is 1.42. The third-order valence-corrected chi connectivity index (χ3v) is 5.63. The van der Waals surface area contributed by atoms with Crippen LogP contribution in [-0.4, -0.2) is 51.4 Å². The van der Waals surface area contributed by atoms with Crippen molar-refractivity contribution in [2.75, 3.05) is 37.7 Å². The predicted molar refractivity (Wildman–Crippen MR) is 79.8 cm³/mol. The molecular weight excluding hydrogens is 300 g/mol. The van der Waals surface area contributed by atoms with Crippen molar-refractivity contribution in [3.05, 3.63) is 23.2 Å². The maximum Gasteiger partial charge on any atom is 0.182 e. The summed E-state index contributed by atoms with van der Waals surface area (Å²) in [6, 6.07) is 4.49. The van der Waals surface area contributed by atoms with E-state index in [0.29, 0.717) is 18.8 Å². The van der Waals surface area contributed by atoms with Crippen LogP contribution in [0.3, 0.4) is 0 Å². The second kappa shape index (κ2) is 6.30. The van der Waals surface area contributed by atoms with E-state index in [1.54, 1.807) is 6.07 Å². The summed E-state index contributed by atoms with van der Waals surface area (Å²) in [7, 11) is -3.51. The number of benzene rings is 1. The molecule has 0 amide bonds. The van der Waals surface area contributed by atoms with Crippen LogP contribution >= 0.6 is 11.6 Å². The summed E-state index contributed by atoms with van der Waals surface area (Å²) < 4.78 is 30.4. The molecule has 2 N–H and O–H groups in total. The largest absolute Gasteiger partial charge is 0.399 e. The van der Waals surface area contributed by atoms with Gasteiger partial charge in [-0.2, -0.15) is 0 Å². The van der Waals surface area contributed by atoms with Crippen LogP contribution in [-0.2, 0) is 14.6 Å². The smallest absolute Gasteiger partial charge is 0.182 e. The van der Waals surface area contributed by atoms with E-state index in [0.717, 1.165) is 13.1 Å². The Morgan fingerprint density at radius 3 is 2.95 bits per heavy atom. The minimum atomic E-state index is -3.51. The molecule has 0 bridgehead atoms. The summed E-state index contributed by atoms with van der Waals surface area (Å²) in [6.45, 7) is 4.95. The summed E-state index contributed by atoms with van der Waals surface area (Å²) in [4.78, 5) is 2.25. The lowest BCUT2D eigenvalue weighted by molar-refractivity contribution is -0.0145. The lowest BCUT2D eigenvalue weighted by Gasteiger charge is -2.31. The highest BCUT2D eigenvalue weighted by Crippen LogP contribution is 2.26. The molecule has 0 aliphatic carbocycles. The van der Waals surface area contributed by atoms with Gasteiger partial charge in [-0.05, 0) is 24.7 Å². The van der Waals surface area contributed by atoms with E-state index in [2.05, 4.69) is 4.90 Å². The Morgan fingerprint density at radius 1 is 1.50 bits per heavy atom. The summed E-state index contributed by atoms with van der Waals surface area (Å²) in [5.41, 5.74) is 6.02. The topological polar surface area (TPSA) is 72.6 Å². The van der Waals surface area contributed by atoms with Gasteiger partial charge in [0.2, 0.25) is 0 Å². The van der Waals surface area contributed by atoms with E-state index in [-0.39, 0.29) is 21.8 Å². The average molecular weight is 319 g/mol. The number of likely N-dealkylation sites (N-methyl/N-ethyl adjacent to an activating group) is 1. The van der Waals surface area contributed by atoms with Crippen molar-refractivity contribution in [2.45, 2.75) is 17.9 Å². The number of rotatable bonds is 4.